The first-order valence-electron chi connectivity index (χ1n) is 5.22. The van der Waals surface area contributed by atoms with Crippen LogP contribution in [0.4, 0.5) is 4.39 Å². The predicted octanol–water partition coefficient (Wildman–Crippen LogP) is 2.28. The lowest BCUT2D eigenvalue weighted by atomic mass is 10.3. The summed E-state index contributed by atoms with van der Waals surface area (Å²) in [6.45, 7) is 0. The van der Waals surface area contributed by atoms with Crippen LogP contribution in [0.1, 0.15) is 0 Å². The molecule has 110 valence electrons. The summed E-state index contributed by atoms with van der Waals surface area (Å²) in [5, 5.41) is 8.07. The number of benzene rings is 1. The second-order valence-electron chi connectivity index (χ2n) is 3.92. The Morgan fingerprint density at radius 3 is 2.70 bits per heavy atom. The van der Waals surface area contributed by atoms with Crippen molar-refractivity contribution in [2.45, 2.75) is 10.9 Å². The van der Waals surface area contributed by atoms with Gasteiger partial charge in [-0.15, -0.1) is 11.8 Å². The van der Waals surface area contributed by atoms with Gasteiger partial charge in [0, 0.05) is 5.75 Å². The molecule has 0 aromatic heterocycles. The van der Waals surface area contributed by atoms with Crippen molar-refractivity contribution >= 4 is 51.0 Å². The molecule has 1 saturated heterocycles. The molecule has 1 aliphatic heterocycles. The Kier molecular flexibility index (Phi) is 4.50. The van der Waals surface area contributed by atoms with Gasteiger partial charge in [0.05, 0.1) is 15.9 Å². The Morgan fingerprint density at radius 1 is 1.45 bits per heavy atom. The quantitative estimate of drug-likeness (QED) is 0.838. The van der Waals surface area contributed by atoms with Gasteiger partial charge >= 0.3 is 5.97 Å². The largest absolute Gasteiger partial charge is 0.480 e. The molecule has 1 fully saturated rings. The third kappa shape index (κ3) is 2.62. The van der Waals surface area contributed by atoms with Crippen LogP contribution in [-0.4, -0.2) is 41.5 Å². The van der Waals surface area contributed by atoms with Gasteiger partial charge in [-0.1, -0.05) is 23.2 Å². The normalized spacial score (nSPS) is 20.2. The van der Waals surface area contributed by atoms with E-state index in [1.807, 2.05) is 0 Å². The lowest BCUT2D eigenvalue weighted by Crippen LogP contribution is -2.41. The number of nitrogens with zero attached hydrogens (tertiary/aromatic N) is 1. The molecule has 1 heterocycles. The minimum Gasteiger partial charge on any atom is -0.480 e. The summed E-state index contributed by atoms with van der Waals surface area (Å²) in [6, 6.07) is 0.930. The lowest BCUT2D eigenvalue weighted by Gasteiger charge is -2.20. The fourth-order valence-corrected chi connectivity index (χ4v) is 5.55. The predicted molar refractivity (Wildman–Crippen MR) is 74.2 cm³/mol. The lowest BCUT2D eigenvalue weighted by molar-refractivity contribution is -0.140. The van der Waals surface area contributed by atoms with Crippen molar-refractivity contribution in [1.29, 1.82) is 0 Å². The first-order chi connectivity index (χ1) is 9.26. The summed E-state index contributed by atoms with van der Waals surface area (Å²) in [4.78, 5) is 10.6. The number of halogens is 3. The fourth-order valence-electron chi connectivity index (χ4n) is 1.69. The first kappa shape index (κ1) is 15.8. The van der Waals surface area contributed by atoms with Gasteiger partial charge in [0.25, 0.3) is 0 Å². The molecule has 0 radical (unpaired) electrons. The van der Waals surface area contributed by atoms with Crippen molar-refractivity contribution in [2.75, 3.05) is 11.6 Å². The first-order valence-corrected chi connectivity index (χ1v) is 8.57. The zero-order valence-electron chi connectivity index (χ0n) is 9.72. The molecular weight excluding hydrogens is 352 g/mol. The van der Waals surface area contributed by atoms with Crippen molar-refractivity contribution < 1.29 is 22.7 Å². The van der Waals surface area contributed by atoms with Gasteiger partial charge < -0.3 is 5.11 Å². The van der Waals surface area contributed by atoms with Crippen molar-refractivity contribution in [2.24, 2.45) is 0 Å². The van der Waals surface area contributed by atoms with E-state index in [0.29, 0.717) is 0 Å². The van der Waals surface area contributed by atoms with E-state index in [1.54, 1.807) is 0 Å². The molecule has 1 aliphatic rings. The molecule has 0 unspecified atom stereocenters. The molecule has 20 heavy (non-hydrogen) atoms. The molecule has 5 nitrogen and oxygen atoms in total. The standard InChI is InChI=1S/C10H8Cl2FNO4S2/c11-5-1-2-7(8(12)9(5)13)20(17,18)14-4-19-3-6(14)10(15)16/h1-2,6H,3-4H2,(H,15,16)/t6-/m0/s1. The molecule has 0 aliphatic carbocycles. The Bertz CT molecular complexity index is 667. The molecule has 1 N–H and O–H groups in total. The van der Waals surface area contributed by atoms with Gasteiger partial charge in [0.15, 0.2) is 5.82 Å². The average molecular weight is 360 g/mol. The summed E-state index contributed by atoms with van der Waals surface area (Å²) in [6.07, 6.45) is 0. The SMILES string of the molecule is O=C(O)[C@@H]1CSCN1S(=O)(=O)c1ccc(Cl)c(F)c1Cl. The Balaban J connectivity index is 2.51. The monoisotopic (exact) mass is 359 g/mol. The number of thioether (sulfide) groups is 1. The third-order valence-corrected chi connectivity index (χ3v) is 6.56. The van der Waals surface area contributed by atoms with Crippen LogP contribution in [0.15, 0.2) is 17.0 Å². The second-order valence-corrected chi connectivity index (χ2v) is 7.56. The summed E-state index contributed by atoms with van der Waals surface area (Å²) in [5.41, 5.74) is 0. The number of rotatable bonds is 3. The summed E-state index contributed by atoms with van der Waals surface area (Å²) >= 11 is 12.3. The maximum Gasteiger partial charge on any atom is 0.322 e. The molecular formula is C10H8Cl2FNO4S2. The summed E-state index contributed by atoms with van der Waals surface area (Å²) in [7, 11) is -4.20. The van der Waals surface area contributed by atoms with Crippen LogP contribution in [0.25, 0.3) is 0 Å². The van der Waals surface area contributed by atoms with Crippen LogP contribution in [-0.2, 0) is 14.8 Å². The number of carboxylic acid groups (broad SMARTS) is 1. The molecule has 10 heteroatoms. The van der Waals surface area contributed by atoms with E-state index in [4.69, 9.17) is 28.3 Å². The molecule has 0 spiro atoms. The third-order valence-electron chi connectivity index (χ3n) is 2.71. The van der Waals surface area contributed by atoms with Gasteiger partial charge in [-0.05, 0) is 12.1 Å². The number of aliphatic carboxylic acids is 1. The van der Waals surface area contributed by atoms with E-state index < -0.39 is 37.8 Å². The van der Waals surface area contributed by atoms with E-state index in [1.165, 1.54) is 0 Å². The van der Waals surface area contributed by atoms with E-state index >= 15 is 0 Å². The van der Waals surface area contributed by atoms with Crippen molar-refractivity contribution in [1.82, 2.24) is 4.31 Å². The Hall–Kier alpha value is -0.540. The van der Waals surface area contributed by atoms with Gasteiger partial charge in [-0.2, -0.15) is 4.31 Å². The zero-order valence-corrected chi connectivity index (χ0v) is 12.9. The molecule has 1 aromatic carbocycles. The highest BCUT2D eigenvalue weighted by atomic mass is 35.5. The number of carbonyl (C=O) groups is 1. The van der Waals surface area contributed by atoms with Crippen molar-refractivity contribution in [3.05, 3.63) is 28.0 Å². The average Bonchev–Trinajstić information content (AvgIpc) is 2.85. The van der Waals surface area contributed by atoms with Crippen molar-refractivity contribution in [3.63, 3.8) is 0 Å². The fraction of sp³-hybridized carbons (Fsp3) is 0.300. The van der Waals surface area contributed by atoms with Crippen LogP contribution < -0.4 is 0 Å². The topological polar surface area (TPSA) is 74.7 Å². The maximum atomic E-state index is 13.6. The van der Waals surface area contributed by atoms with E-state index in [0.717, 1.165) is 28.2 Å². The van der Waals surface area contributed by atoms with Crippen molar-refractivity contribution in [3.8, 4) is 0 Å². The van der Waals surface area contributed by atoms with E-state index in [9.17, 15) is 17.6 Å². The molecule has 2 rings (SSSR count). The molecule has 0 amide bonds. The molecule has 0 saturated carbocycles. The van der Waals surface area contributed by atoms with E-state index in [2.05, 4.69) is 0 Å². The van der Waals surface area contributed by atoms with E-state index in [-0.39, 0.29) is 16.7 Å². The van der Waals surface area contributed by atoms with Gasteiger partial charge in [-0.25, -0.2) is 12.8 Å². The summed E-state index contributed by atoms with van der Waals surface area (Å²) in [5.74, 6) is -2.21. The highest BCUT2D eigenvalue weighted by molar-refractivity contribution is 8.00. The van der Waals surface area contributed by atoms with Crippen LogP contribution in [0.3, 0.4) is 0 Å². The highest BCUT2D eigenvalue weighted by Gasteiger charge is 2.41. The van der Waals surface area contributed by atoms with Crippen LogP contribution in [0.5, 0.6) is 0 Å². The maximum absolute atomic E-state index is 13.6. The minimum atomic E-state index is -4.20. The van der Waals surface area contributed by atoms with Gasteiger partial charge in [0.2, 0.25) is 10.0 Å². The van der Waals surface area contributed by atoms with Crippen LogP contribution >= 0.6 is 35.0 Å². The highest BCUT2D eigenvalue weighted by Crippen LogP contribution is 2.34. The van der Waals surface area contributed by atoms with Gasteiger partial charge in [-0.3, -0.25) is 4.79 Å². The smallest absolute Gasteiger partial charge is 0.322 e. The Morgan fingerprint density at radius 2 is 2.10 bits per heavy atom. The molecule has 1 atom stereocenters. The van der Waals surface area contributed by atoms with Crippen LogP contribution in [0.2, 0.25) is 10.0 Å². The molecule has 0 bridgehead atoms. The number of carboxylic acids is 1. The number of hydrogen-bond donors (Lipinski definition) is 1. The number of hydrogen-bond acceptors (Lipinski definition) is 4. The summed E-state index contributed by atoms with van der Waals surface area (Å²) < 4.78 is 39.2. The zero-order chi connectivity index (χ0) is 15.1. The minimum absolute atomic E-state index is 0.0279. The Labute approximate surface area is 128 Å². The second kappa shape index (κ2) is 5.69. The molecule has 1 aromatic rings. The van der Waals surface area contributed by atoms with Gasteiger partial charge in [0.1, 0.15) is 10.9 Å². The van der Waals surface area contributed by atoms with Crippen LogP contribution in [0, 0.1) is 5.82 Å². The number of sulfonamides is 1.